The van der Waals surface area contributed by atoms with Crippen LogP contribution in [0.1, 0.15) is 5.56 Å². The van der Waals surface area contributed by atoms with E-state index >= 15 is 0 Å². The quantitative estimate of drug-likeness (QED) is 0.712. The third-order valence-electron chi connectivity index (χ3n) is 4.90. The van der Waals surface area contributed by atoms with Crippen molar-refractivity contribution >= 4 is 50.0 Å². The van der Waals surface area contributed by atoms with Crippen LogP contribution in [0.4, 0.5) is 5.69 Å². The topological polar surface area (TPSA) is 76.0 Å². The Morgan fingerprint density at radius 2 is 2.00 bits per heavy atom. The summed E-state index contributed by atoms with van der Waals surface area (Å²) in [6.07, 6.45) is 0.190. The molecule has 2 fully saturated rings. The normalized spacial score (nSPS) is 23.9. The van der Waals surface area contributed by atoms with Crippen molar-refractivity contribution in [1.29, 1.82) is 0 Å². The van der Waals surface area contributed by atoms with Gasteiger partial charge in [0.15, 0.2) is 15.0 Å². The molecule has 2 aliphatic heterocycles. The molecule has 2 aliphatic rings. The second-order valence-electron chi connectivity index (χ2n) is 6.94. The second-order valence-corrected chi connectivity index (χ2v) is 10.7. The summed E-state index contributed by atoms with van der Waals surface area (Å²) in [5.74, 6) is 0.358. The van der Waals surface area contributed by atoms with Crippen molar-refractivity contribution in [1.82, 2.24) is 0 Å². The molecule has 0 aromatic heterocycles. The predicted molar refractivity (Wildman–Crippen MR) is 117 cm³/mol. The molecule has 2 aromatic carbocycles. The van der Waals surface area contributed by atoms with E-state index in [1.54, 1.807) is 18.2 Å². The number of nitrogens with zero attached hydrogens (tertiary/aromatic N) is 2. The van der Waals surface area contributed by atoms with Crippen molar-refractivity contribution in [3.63, 3.8) is 0 Å². The smallest absolute Gasteiger partial charge is 0.252 e. The molecule has 0 bridgehead atoms. The van der Waals surface area contributed by atoms with Crippen molar-refractivity contribution in [3.05, 3.63) is 59.1 Å². The van der Waals surface area contributed by atoms with E-state index in [-0.39, 0.29) is 35.1 Å². The first-order valence-electron chi connectivity index (χ1n) is 9.01. The molecule has 2 saturated heterocycles. The molecule has 1 amide bonds. The summed E-state index contributed by atoms with van der Waals surface area (Å²) >= 11 is 7.63. The van der Waals surface area contributed by atoms with Crippen LogP contribution < -0.4 is 9.64 Å². The lowest BCUT2D eigenvalue weighted by Crippen LogP contribution is -2.37. The predicted octanol–water partition coefficient (Wildman–Crippen LogP) is 3.19. The minimum Gasteiger partial charge on any atom is -0.495 e. The van der Waals surface area contributed by atoms with Crippen LogP contribution in [-0.4, -0.2) is 49.4 Å². The summed E-state index contributed by atoms with van der Waals surface area (Å²) in [4.78, 5) is 18.7. The number of rotatable bonds is 4. The molecule has 0 N–H and O–H groups in total. The van der Waals surface area contributed by atoms with Crippen molar-refractivity contribution < 1.29 is 17.9 Å². The van der Waals surface area contributed by atoms with Crippen LogP contribution in [-0.2, 0) is 21.1 Å². The number of benzene rings is 2. The van der Waals surface area contributed by atoms with E-state index in [0.717, 1.165) is 5.56 Å². The molecule has 0 radical (unpaired) electrons. The molecule has 0 saturated carbocycles. The number of hydrogen-bond donors (Lipinski definition) is 0. The number of carbonyl (C=O) groups is 1. The third-order valence-corrected chi connectivity index (χ3v) is 8.40. The number of amidine groups is 1. The summed E-state index contributed by atoms with van der Waals surface area (Å²) in [6.45, 7) is 0. The minimum atomic E-state index is -3.13. The number of methoxy groups -OCH3 is 1. The number of ether oxygens (including phenoxy) is 1. The Morgan fingerprint density at radius 1 is 1.24 bits per heavy atom. The highest BCUT2D eigenvalue weighted by atomic mass is 35.5. The first kappa shape index (κ1) is 20.3. The average molecular weight is 451 g/mol. The van der Waals surface area contributed by atoms with Crippen LogP contribution >= 0.6 is 23.4 Å². The van der Waals surface area contributed by atoms with E-state index in [4.69, 9.17) is 16.3 Å². The molecular weight excluding hydrogens is 432 g/mol. The number of anilines is 1. The molecule has 29 heavy (non-hydrogen) atoms. The summed E-state index contributed by atoms with van der Waals surface area (Å²) in [7, 11) is -1.60. The molecule has 0 spiro atoms. The SMILES string of the molecule is COc1ccc(N2C(=NC(=O)Cc3ccccc3)SC3CS(=O)(=O)CC32)cc1Cl. The van der Waals surface area contributed by atoms with E-state index in [1.807, 2.05) is 35.2 Å². The number of fused-ring (bicyclic) bond motifs is 1. The highest BCUT2D eigenvalue weighted by Crippen LogP contribution is 2.42. The summed E-state index contributed by atoms with van der Waals surface area (Å²) < 4.78 is 29.5. The van der Waals surface area contributed by atoms with E-state index in [1.165, 1.54) is 18.9 Å². The van der Waals surface area contributed by atoms with Gasteiger partial charge in [-0.25, -0.2) is 8.42 Å². The van der Waals surface area contributed by atoms with Gasteiger partial charge in [0, 0.05) is 10.9 Å². The molecule has 2 heterocycles. The zero-order valence-electron chi connectivity index (χ0n) is 15.6. The lowest BCUT2D eigenvalue weighted by Gasteiger charge is -2.25. The van der Waals surface area contributed by atoms with Crippen molar-refractivity contribution in [2.75, 3.05) is 23.5 Å². The van der Waals surface area contributed by atoms with E-state index in [9.17, 15) is 13.2 Å². The van der Waals surface area contributed by atoms with Gasteiger partial charge < -0.3 is 9.64 Å². The largest absolute Gasteiger partial charge is 0.495 e. The van der Waals surface area contributed by atoms with Crippen LogP contribution in [0.2, 0.25) is 5.02 Å². The van der Waals surface area contributed by atoms with Gasteiger partial charge in [-0.15, -0.1) is 0 Å². The Bertz CT molecular complexity index is 1070. The summed E-state index contributed by atoms with van der Waals surface area (Å²) in [6, 6.07) is 14.4. The standard InChI is InChI=1S/C20H19ClN2O4S2/c1-27-17-8-7-14(10-15(17)21)23-16-11-29(25,26)12-18(16)28-20(23)22-19(24)9-13-5-3-2-4-6-13/h2-8,10,16,18H,9,11-12H2,1H3. The van der Waals surface area contributed by atoms with E-state index in [0.29, 0.717) is 21.6 Å². The number of halogens is 1. The van der Waals surface area contributed by atoms with Gasteiger partial charge >= 0.3 is 0 Å². The van der Waals surface area contributed by atoms with Crippen LogP contribution in [0.5, 0.6) is 5.75 Å². The number of carbonyl (C=O) groups excluding carboxylic acids is 1. The first-order chi connectivity index (χ1) is 13.9. The average Bonchev–Trinajstić information content (AvgIpc) is 3.13. The molecule has 2 unspecified atom stereocenters. The fourth-order valence-electron chi connectivity index (χ4n) is 3.59. The third kappa shape index (κ3) is 4.29. The maximum Gasteiger partial charge on any atom is 0.252 e. The number of thioether (sulfide) groups is 1. The Hall–Kier alpha value is -2.03. The fourth-order valence-corrected chi connectivity index (χ4v) is 7.77. The Kier molecular flexibility index (Phi) is 5.59. The van der Waals surface area contributed by atoms with Gasteiger partial charge in [-0.2, -0.15) is 4.99 Å². The van der Waals surface area contributed by atoms with Crippen molar-refractivity contribution in [2.45, 2.75) is 17.7 Å². The van der Waals surface area contributed by atoms with Crippen molar-refractivity contribution in [3.8, 4) is 5.75 Å². The molecule has 0 aliphatic carbocycles. The highest BCUT2D eigenvalue weighted by Gasteiger charge is 2.49. The molecule has 6 nitrogen and oxygen atoms in total. The van der Waals surface area contributed by atoms with Gasteiger partial charge in [0.2, 0.25) is 0 Å². The second kappa shape index (κ2) is 8.01. The first-order valence-corrected chi connectivity index (χ1v) is 12.1. The maximum atomic E-state index is 12.6. The molecule has 152 valence electrons. The summed E-state index contributed by atoms with van der Waals surface area (Å²) in [5.41, 5.74) is 1.57. The van der Waals surface area contributed by atoms with Crippen LogP contribution in [0.15, 0.2) is 53.5 Å². The molecule has 2 atom stereocenters. The Morgan fingerprint density at radius 3 is 2.69 bits per heavy atom. The number of hydrogen-bond acceptors (Lipinski definition) is 5. The van der Waals surface area contributed by atoms with Gasteiger partial charge in [-0.05, 0) is 23.8 Å². The Labute approximate surface area is 178 Å². The number of amides is 1. The van der Waals surface area contributed by atoms with Gasteiger partial charge in [0.25, 0.3) is 5.91 Å². The molecular formula is C20H19ClN2O4S2. The van der Waals surface area contributed by atoms with Crippen molar-refractivity contribution in [2.24, 2.45) is 4.99 Å². The molecule has 9 heteroatoms. The zero-order valence-corrected chi connectivity index (χ0v) is 18.0. The molecule has 4 rings (SSSR count). The van der Waals surface area contributed by atoms with Gasteiger partial charge in [0.1, 0.15) is 5.75 Å². The molecule has 2 aromatic rings. The maximum absolute atomic E-state index is 12.6. The van der Waals surface area contributed by atoms with Crippen LogP contribution in [0.25, 0.3) is 0 Å². The van der Waals surface area contributed by atoms with Gasteiger partial charge in [0.05, 0.1) is 36.1 Å². The zero-order chi connectivity index (χ0) is 20.6. The van der Waals surface area contributed by atoms with E-state index < -0.39 is 9.84 Å². The summed E-state index contributed by atoms with van der Waals surface area (Å²) in [5, 5.41) is 0.760. The highest BCUT2D eigenvalue weighted by molar-refractivity contribution is 8.16. The monoisotopic (exact) mass is 450 g/mol. The fraction of sp³-hybridized carbons (Fsp3) is 0.300. The number of aliphatic imine (C=N–C) groups is 1. The van der Waals surface area contributed by atoms with Gasteiger partial charge in [-0.1, -0.05) is 53.7 Å². The van der Waals surface area contributed by atoms with E-state index in [2.05, 4.69) is 4.99 Å². The van der Waals surface area contributed by atoms with Crippen LogP contribution in [0, 0.1) is 0 Å². The minimum absolute atomic E-state index is 0.0280. The lowest BCUT2D eigenvalue weighted by atomic mass is 10.1. The lowest BCUT2D eigenvalue weighted by molar-refractivity contribution is -0.117. The van der Waals surface area contributed by atoms with Gasteiger partial charge in [-0.3, -0.25) is 4.79 Å². The Balaban J connectivity index is 1.67. The number of sulfone groups is 1. The van der Waals surface area contributed by atoms with Crippen LogP contribution in [0.3, 0.4) is 0 Å².